The molecule has 32 heavy (non-hydrogen) atoms. The Morgan fingerprint density at radius 2 is 1.50 bits per heavy atom. The van der Waals surface area contributed by atoms with E-state index in [1.54, 1.807) is 21.3 Å². The number of ether oxygens (including phenoxy) is 3. The summed E-state index contributed by atoms with van der Waals surface area (Å²) >= 11 is 0. The van der Waals surface area contributed by atoms with Gasteiger partial charge < -0.3 is 24.4 Å². The van der Waals surface area contributed by atoms with Crippen LogP contribution in [0.4, 0.5) is 0 Å². The van der Waals surface area contributed by atoms with E-state index in [1.807, 2.05) is 12.1 Å². The minimum absolute atomic E-state index is 0.00745. The zero-order valence-corrected chi connectivity index (χ0v) is 19.4. The zero-order valence-electron chi connectivity index (χ0n) is 19.4. The summed E-state index contributed by atoms with van der Waals surface area (Å²) in [6.45, 7) is 7.02. The first-order valence-corrected chi connectivity index (χ1v) is 11.2. The number of nitrogens with zero attached hydrogens (tertiary/aromatic N) is 2. The smallest absolute Gasteiger partial charge is 0.224 e. The summed E-state index contributed by atoms with van der Waals surface area (Å²) in [6, 6.07) is 14.3. The number of nitrogens with one attached hydrogen (secondary N) is 1. The number of rotatable bonds is 11. The largest absolute Gasteiger partial charge is 0.493 e. The molecule has 1 aliphatic rings. The molecule has 7 heteroatoms. The first kappa shape index (κ1) is 23.9. The number of carbonyl (C=O) groups is 1. The van der Waals surface area contributed by atoms with Crippen molar-refractivity contribution in [1.82, 2.24) is 15.1 Å². The van der Waals surface area contributed by atoms with Crippen molar-refractivity contribution in [2.75, 3.05) is 60.6 Å². The lowest BCUT2D eigenvalue weighted by Crippen LogP contribution is -2.46. The van der Waals surface area contributed by atoms with Gasteiger partial charge in [-0.2, -0.15) is 0 Å². The lowest BCUT2D eigenvalue weighted by atomic mass is 10.1. The average molecular weight is 442 g/mol. The molecule has 1 saturated heterocycles. The molecule has 1 amide bonds. The highest BCUT2D eigenvalue weighted by molar-refractivity contribution is 5.79. The zero-order chi connectivity index (χ0) is 22.8. The quantitative estimate of drug-likeness (QED) is 0.541. The molecule has 3 rings (SSSR count). The van der Waals surface area contributed by atoms with Crippen LogP contribution < -0.4 is 19.5 Å². The second-order valence-corrected chi connectivity index (χ2v) is 8.02. The summed E-state index contributed by atoms with van der Waals surface area (Å²) in [5.41, 5.74) is 2.20. The second-order valence-electron chi connectivity index (χ2n) is 8.02. The van der Waals surface area contributed by atoms with Gasteiger partial charge in [-0.05, 0) is 36.2 Å². The fraction of sp³-hybridized carbons (Fsp3) is 0.480. The van der Waals surface area contributed by atoms with Crippen LogP contribution in [0, 0.1) is 0 Å². The van der Waals surface area contributed by atoms with Crippen LogP contribution in [0.15, 0.2) is 42.5 Å². The summed E-state index contributed by atoms with van der Waals surface area (Å²) in [6.07, 6.45) is 1.22. The molecule has 0 radical (unpaired) electrons. The number of piperazine rings is 1. The van der Waals surface area contributed by atoms with Crippen molar-refractivity contribution in [1.29, 1.82) is 0 Å². The van der Waals surface area contributed by atoms with E-state index in [4.69, 9.17) is 14.2 Å². The van der Waals surface area contributed by atoms with E-state index in [0.717, 1.165) is 51.3 Å². The highest BCUT2D eigenvalue weighted by Gasteiger charge is 2.17. The third kappa shape index (κ3) is 6.87. The maximum atomic E-state index is 12.4. The van der Waals surface area contributed by atoms with Crippen molar-refractivity contribution in [2.45, 2.75) is 19.4 Å². The molecule has 1 fully saturated rings. The van der Waals surface area contributed by atoms with Crippen molar-refractivity contribution in [2.24, 2.45) is 0 Å². The SMILES string of the molecule is COc1cc(CC(=O)NCCCN2CCN(Cc3ccccc3)CC2)cc(OC)c1OC. The second kappa shape index (κ2) is 12.3. The molecule has 0 saturated carbocycles. The van der Waals surface area contributed by atoms with Gasteiger partial charge in [0, 0.05) is 39.3 Å². The Kier molecular flexibility index (Phi) is 9.19. The molecule has 0 bridgehead atoms. The van der Waals surface area contributed by atoms with Crippen molar-refractivity contribution < 1.29 is 19.0 Å². The van der Waals surface area contributed by atoms with Gasteiger partial charge in [0.1, 0.15) is 0 Å². The topological polar surface area (TPSA) is 63.3 Å². The van der Waals surface area contributed by atoms with Crippen LogP contribution in [0.5, 0.6) is 17.2 Å². The van der Waals surface area contributed by atoms with Crippen LogP contribution in [0.25, 0.3) is 0 Å². The van der Waals surface area contributed by atoms with Gasteiger partial charge in [-0.25, -0.2) is 0 Å². The lowest BCUT2D eigenvalue weighted by molar-refractivity contribution is -0.120. The summed E-state index contributed by atoms with van der Waals surface area (Å²) < 4.78 is 16.1. The van der Waals surface area contributed by atoms with Crippen LogP contribution in [0.1, 0.15) is 17.5 Å². The maximum absolute atomic E-state index is 12.4. The molecular weight excluding hydrogens is 406 g/mol. The Balaban J connectivity index is 1.35. The lowest BCUT2D eigenvalue weighted by Gasteiger charge is -2.34. The van der Waals surface area contributed by atoms with Crippen LogP contribution >= 0.6 is 0 Å². The molecule has 0 atom stereocenters. The molecule has 0 spiro atoms. The number of benzene rings is 2. The minimum Gasteiger partial charge on any atom is -0.493 e. The molecule has 0 aromatic heterocycles. The maximum Gasteiger partial charge on any atom is 0.224 e. The fourth-order valence-corrected chi connectivity index (χ4v) is 4.03. The number of carbonyl (C=O) groups excluding carboxylic acids is 1. The molecule has 174 valence electrons. The molecule has 1 aliphatic heterocycles. The van der Waals surface area contributed by atoms with Crippen molar-refractivity contribution in [3.8, 4) is 17.2 Å². The van der Waals surface area contributed by atoms with Gasteiger partial charge >= 0.3 is 0 Å². The highest BCUT2D eigenvalue weighted by atomic mass is 16.5. The molecule has 1 N–H and O–H groups in total. The Morgan fingerprint density at radius 3 is 2.09 bits per heavy atom. The van der Waals surface area contributed by atoms with E-state index in [2.05, 4.69) is 45.4 Å². The van der Waals surface area contributed by atoms with Gasteiger partial charge in [0.05, 0.1) is 27.8 Å². The van der Waals surface area contributed by atoms with Crippen molar-refractivity contribution >= 4 is 5.91 Å². The van der Waals surface area contributed by atoms with E-state index in [9.17, 15) is 4.79 Å². The van der Waals surface area contributed by atoms with Gasteiger partial charge in [-0.15, -0.1) is 0 Å². The van der Waals surface area contributed by atoms with Gasteiger partial charge in [-0.1, -0.05) is 30.3 Å². The Bertz CT molecular complexity index is 827. The van der Waals surface area contributed by atoms with Crippen molar-refractivity contribution in [3.05, 3.63) is 53.6 Å². The van der Waals surface area contributed by atoms with Gasteiger partial charge in [0.15, 0.2) is 11.5 Å². The van der Waals surface area contributed by atoms with Gasteiger partial charge in [0.25, 0.3) is 0 Å². The fourth-order valence-electron chi connectivity index (χ4n) is 4.03. The third-order valence-electron chi connectivity index (χ3n) is 5.78. The number of hydrogen-bond acceptors (Lipinski definition) is 6. The molecule has 0 aliphatic carbocycles. The van der Waals surface area contributed by atoms with Crippen LogP contribution in [0.2, 0.25) is 0 Å². The standard InChI is InChI=1S/C25H35N3O4/c1-30-22-16-21(17-23(31-2)25(22)32-3)18-24(29)26-10-7-11-27-12-14-28(15-13-27)19-20-8-5-4-6-9-20/h4-6,8-9,16-17H,7,10-15,18-19H2,1-3H3,(H,26,29). The van der Waals surface area contributed by atoms with E-state index >= 15 is 0 Å². The molecule has 0 unspecified atom stereocenters. The summed E-state index contributed by atoms with van der Waals surface area (Å²) in [7, 11) is 4.71. The van der Waals surface area contributed by atoms with Crippen LogP contribution in [-0.4, -0.2) is 76.3 Å². The summed E-state index contributed by atoms with van der Waals surface area (Å²) in [5, 5.41) is 3.03. The highest BCUT2D eigenvalue weighted by Crippen LogP contribution is 2.38. The Morgan fingerprint density at radius 1 is 0.875 bits per heavy atom. The molecule has 2 aromatic rings. The van der Waals surface area contributed by atoms with Gasteiger partial charge in [0.2, 0.25) is 11.7 Å². The number of methoxy groups -OCH3 is 3. The Labute approximate surface area is 191 Å². The van der Waals surface area contributed by atoms with Crippen molar-refractivity contribution in [3.63, 3.8) is 0 Å². The average Bonchev–Trinajstić information content (AvgIpc) is 2.82. The number of amides is 1. The Hall–Kier alpha value is -2.77. The van der Waals surface area contributed by atoms with Gasteiger partial charge in [-0.3, -0.25) is 9.69 Å². The minimum atomic E-state index is -0.00745. The monoisotopic (exact) mass is 441 g/mol. The van der Waals surface area contributed by atoms with Crippen LogP contribution in [0.3, 0.4) is 0 Å². The predicted octanol–water partition coefficient (Wildman–Crippen LogP) is 2.58. The van der Waals surface area contributed by atoms with E-state index in [0.29, 0.717) is 23.8 Å². The predicted molar refractivity (Wildman–Crippen MR) is 126 cm³/mol. The van der Waals surface area contributed by atoms with Crippen LogP contribution in [-0.2, 0) is 17.8 Å². The third-order valence-corrected chi connectivity index (χ3v) is 5.78. The molecular formula is C25H35N3O4. The molecule has 1 heterocycles. The molecule has 2 aromatic carbocycles. The molecule has 7 nitrogen and oxygen atoms in total. The summed E-state index contributed by atoms with van der Waals surface area (Å²) in [4.78, 5) is 17.4. The first-order chi connectivity index (χ1) is 15.6. The van der Waals surface area contributed by atoms with E-state index in [-0.39, 0.29) is 12.3 Å². The number of hydrogen-bond donors (Lipinski definition) is 1. The van der Waals surface area contributed by atoms with E-state index < -0.39 is 0 Å². The first-order valence-electron chi connectivity index (χ1n) is 11.2. The van der Waals surface area contributed by atoms with E-state index in [1.165, 1.54) is 5.56 Å². The summed E-state index contributed by atoms with van der Waals surface area (Å²) in [5.74, 6) is 1.64. The normalized spacial score (nSPS) is 14.7.